The number of carbonyl (C=O) groups is 1. The molecule has 5 heteroatoms. The van der Waals surface area contributed by atoms with Crippen LogP contribution in [-0.4, -0.2) is 44.0 Å². The molecule has 4 nitrogen and oxygen atoms in total. The Hall–Kier alpha value is -1.62. The average Bonchev–Trinajstić information content (AvgIpc) is 2.58. The summed E-state index contributed by atoms with van der Waals surface area (Å²) in [6.07, 6.45) is 5.22. The van der Waals surface area contributed by atoms with Crippen molar-refractivity contribution < 1.29 is 9.18 Å². The fourth-order valence-corrected chi connectivity index (χ4v) is 3.55. The maximum atomic E-state index is 14.0. The number of hydrogen-bond acceptors (Lipinski definition) is 3. The molecule has 1 aliphatic heterocycles. The van der Waals surface area contributed by atoms with E-state index in [1.807, 2.05) is 6.07 Å². The van der Waals surface area contributed by atoms with Gasteiger partial charge in [-0.2, -0.15) is 0 Å². The minimum Gasteiger partial charge on any atom is -0.371 e. The van der Waals surface area contributed by atoms with E-state index in [1.165, 1.54) is 38.5 Å². The molecule has 1 N–H and O–H groups in total. The number of nitrogens with one attached hydrogen (secondary N) is 1. The molecule has 0 aliphatic carbocycles. The van der Waals surface area contributed by atoms with Crippen LogP contribution in [0.1, 0.15) is 39.5 Å². The average molecular weight is 335 g/mol. The van der Waals surface area contributed by atoms with Crippen molar-refractivity contribution in [2.24, 2.45) is 5.92 Å². The topological polar surface area (TPSA) is 35.6 Å². The Kier molecular flexibility index (Phi) is 7.50. The van der Waals surface area contributed by atoms with Gasteiger partial charge in [0, 0.05) is 25.3 Å². The monoisotopic (exact) mass is 335 g/mol. The minimum atomic E-state index is -0.376. The highest BCUT2D eigenvalue weighted by Gasteiger charge is 2.21. The van der Waals surface area contributed by atoms with Crippen molar-refractivity contribution in [1.82, 2.24) is 4.90 Å². The van der Waals surface area contributed by atoms with E-state index in [2.05, 4.69) is 29.0 Å². The lowest BCUT2D eigenvalue weighted by Crippen LogP contribution is -2.39. The number of hydrogen-bond donors (Lipinski definition) is 1. The number of amides is 1. The van der Waals surface area contributed by atoms with Crippen LogP contribution in [0.25, 0.3) is 0 Å². The second kappa shape index (κ2) is 9.62. The zero-order valence-electron chi connectivity index (χ0n) is 14.9. The Bertz CT molecular complexity index is 509. The summed E-state index contributed by atoms with van der Waals surface area (Å²) in [4.78, 5) is 15.3. The molecule has 1 fully saturated rings. The van der Waals surface area contributed by atoms with Crippen molar-refractivity contribution in [2.45, 2.75) is 39.5 Å². The molecule has 1 heterocycles. The van der Waals surface area contributed by atoms with Crippen LogP contribution < -0.4 is 10.2 Å². The van der Waals surface area contributed by atoms with Crippen LogP contribution in [0.4, 0.5) is 15.8 Å². The fourth-order valence-electron chi connectivity index (χ4n) is 3.55. The summed E-state index contributed by atoms with van der Waals surface area (Å²) in [5.74, 6) is 0.360. The molecule has 1 aliphatic rings. The third kappa shape index (κ3) is 5.20. The van der Waals surface area contributed by atoms with Crippen molar-refractivity contribution in [3.63, 3.8) is 0 Å². The highest BCUT2D eigenvalue weighted by molar-refractivity contribution is 5.72. The number of anilines is 2. The third-order valence-electron chi connectivity index (χ3n) is 4.74. The molecule has 0 radical (unpaired) electrons. The third-order valence-corrected chi connectivity index (χ3v) is 4.74. The molecule has 1 amide bonds. The first-order chi connectivity index (χ1) is 11.7. The molecule has 0 unspecified atom stereocenters. The molecule has 2 rings (SSSR count). The van der Waals surface area contributed by atoms with E-state index in [4.69, 9.17) is 0 Å². The summed E-state index contributed by atoms with van der Waals surface area (Å²) in [5, 5.41) is 2.38. The lowest BCUT2D eigenvalue weighted by molar-refractivity contribution is -0.105. The molecule has 1 aromatic carbocycles. The van der Waals surface area contributed by atoms with Gasteiger partial charge < -0.3 is 15.1 Å². The van der Waals surface area contributed by atoms with Gasteiger partial charge in [0.1, 0.15) is 5.82 Å². The fraction of sp³-hybridized carbons (Fsp3) is 0.632. The molecular formula is C19H30FN3O. The van der Waals surface area contributed by atoms with Crippen LogP contribution in [-0.2, 0) is 4.79 Å². The highest BCUT2D eigenvalue weighted by Crippen LogP contribution is 2.27. The molecule has 0 bridgehead atoms. The maximum absolute atomic E-state index is 14.0. The molecule has 1 aromatic rings. The predicted molar refractivity (Wildman–Crippen MR) is 98.0 cm³/mol. The Labute approximate surface area is 145 Å². The summed E-state index contributed by atoms with van der Waals surface area (Å²) in [7, 11) is 0. The summed E-state index contributed by atoms with van der Waals surface area (Å²) >= 11 is 0. The smallest absolute Gasteiger partial charge is 0.211 e. The molecule has 0 saturated carbocycles. The van der Waals surface area contributed by atoms with Crippen LogP contribution in [0.5, 0.6) is 0 Å². The second-order valence-corrected chi connectivity index (χ2v) is 6.66. The number of carbonyl (C=O) groups excluding carboxylic acids is 1. The first-order valence-corrected chi connectivity index (χ1v) is 9.15. The number of nitrogens with zero attached hydrogens (tertiary/aromatic N) is 2. The maximum Gasteiger partial charge on any atom is 0.211 e. The van der Waals surface area contributed by atoms with Gasteiger partial charge in [-0.15, -0.1) is 0 Å². The summed E-state index contributed by atoms with van der Waals surface area (Å²) in [5.41, 5.74) is 1.14. The van der Waals surface area contributed by atoms with Crippen molar-refractivity contribution in [3.05, 3.63) is 24.0 Å². The Morgan fingerprint density at radius 2 is 1.92 bits per heavy atom. The van der Waals surface area contributed by atoms with Gasteiger partial charge in [0.15, 0.2) is 0 Å². The van der Waals surface area contributed by atoms with Gasteiger partial charge >= 0.3 is 0 Å². The Morgan fingerprint density at radius 3 is 2.46 bits per heavy atom. The molecule has 0 atom stereocenters. The molecule has 134 valence electrons. The van der Waals surface area contributed by atoms with E-state index in [0.29, 0.717) is 6.41 Å². The van der Waals surface area contributed by atoms with E-state index in [9.17, 15) is 9.18 Å². The molecular weight excluding hydrogens is 305 g/mol. The standard InChI is InChI=1S/C19H30FN3O/c1-3-9-22(10-4-2)14-16-7-11-23(12-8-16)17-5-6-19(21-15-24)18(20)13-17/h5-6,13,15-16H,3-4,7-12,14H2,1-2H3,(H,21,24). The first-order valence-electron chi connectivity index (χ1n) is 9.15. The lowest BCUT2D eigenvalue weighted by Gasteiger charge is -2.36. The van der Waals surface area contributed by atoms with Gasteiger partial charge in [0.05, 0.1) is 5.69 Å². The Morgan fingerprint density at radius 1 is 1.25 bits per heavy atom. The van der Waals surface area contributed by atoms with Gasteiger partial charge in [-0.3, -0.25) is 4.79 Å². The van der Waals surface area contributed by atoms with Crippen molar-refractivity contribution in [2.75, 3.05) is 42.9 Å². The van der Waals surface area contributed by atoms with Crippen LogP contribution in [0.3, 0.4) is 0 Å². The zero-order chi connectivity index (χ0) is 17.4. The van der Waals surface area contributed by atoms with Crippen LogP contribution >= 0.6 is 0 Å². The van der Waals surface area contributed by atoms with E-state index < -0.39 is 0 Å². The Balaban J connectivity index is 1.88. The van der Waals surface area contributed by atoms with Gasteiger partial charge in [-0.1, -0.05) is 13.8 Å². The number of piperidine rings is 1. The largest absolute Gasteiger partial charge is 0.371 e. The minimum absolute atomic E-state index is 0.235. The predicted octanol–water partition coefficient (Wildman–Crippen LogP) is 3.73. The zero-order valence-corrected chi connectivity index (χ0v) is 14.9. The van der Waals surface area contributed by atoms with E-state index in [1.54, 1.807) is 6.07 Å². The van der Waals surface area contributed by atoms with Gasteiger partial charge in [-0.05, 0) is 62.9 Å². The number of rotatable bonds is 9. The molecule has 24 heavy (non-hydrogen) atoms. The van der Waals surface area contributed by atoms with Gasteiger partial charge in [-0.25, -0.2) is 4.39 Å². The second-order valence-electron chi connectivity index (χ2n) is 6.66. The number of benzene rings is 1. The van der Waals surface area contributed by atoms with E-state index in [0.717, 1.165) is 37.5 Å². The SMILES string of the molecule is CCCN(CCC)CC1CCN(c2ccc(NC=O)c(F)c2)CC1. The van der Waals surface area contributed by atoms with Crippen LogP contribution in [0, 0.1) is 11.7 Å². The van der Waals surface area contributed by atoms with Crippen molar-refractivity contribution in [3.8, 4) is 0 Å². The highest BCUT2D eigenvalue weighted by atomic mass is 19.1. The van der Waals surface area contributed by atoms with E-state index >= 15 is 0 Å². The summed E-state index contributed by atoms with van der Waals surface area (Å²) < 4.78 is 14.0. The van der Waals surface area contributed by atoms with E-state index in [-0.39, 0.29) is 11.5 Å². The molecule has 1 saturated heterocycles. The van der Waals surface area contributed by atoms with Gasteiger partial charge in [0.25, 0.3) is 0 Å². The van der Waals surface area contributed by atoms with Crippen LogP contribution in [0.15, 0.2) is 18.2 Å². The normalized spacial score (nSPS) is 15.8. The van der Waals surface area contributed by atoms with Crippen molar-refractivity contribution >= 4 is 17.8 Å². The molecule has 0 spiro atoms. The summed E-state index contributed by atoms with van der Waals surface area (Å²) in [6.45, 7) is 9.97. The number of halogens is 1. The first kappa shape index (κ1) is 18.7. The van der Waals surface area contributed by atoms with Crippen LogP contribution in [0.2, 0.25) is 0 Å². The van der Waals surface area contributed by atoms with Crippen molar-refractivity contribution in [1.29, 1.82) is 0 Å². The van der Waals surface area contributed by atoms with Gasteiger partial charge in [0.2, 0.25) is 6.41 Å². The lowest BCUT2D eigenvalue weighted by atomic mass is 9.95. The summed E-state index contributed by atoms with van der Waals surface area (Å²) in [6, 6.07) is 5.04. The quantitative estimate of drug-likeness (QED) is 0.699. The molecule has 0 aromatic heterocycles.